The Morgan fingerprint density at radius 3 is 2.47 bits per heavy atom. The van der Waals surface area contributed by atoms with E-state index in [4.69, 9.17) is 7.16 Å². The zero-order valence-corrected chi connectivity index (χ0v) is 19.9. The van der Waals surface area contributed by atoms with Crippen molar-refractivity contribution in [2.75, 3.05) is 0 Å². The van der Waals surface area contributed by atoms with E-state index >= 15 is 0 Å². The summed E-state index contributed by atoms with van der Waals surface area (Å²) in [4.78, 5) is 4.64. The first-order chi connectivity index (χ1) is 15.9. The Labute approximate surface area is 192 Å². The summed E-state index contributed by atoms with van der Waals surface area (Å²) in [5, 5.41) is 4.17. The van der Waals surface area contributed by atoms with Gasteiger partial charge in [-0.3, -0.25) is 0 Å². The SMILES string of the molecule is [2H]C([2H])(c1ccc2c(-c3c(C)c(C)cc4c3oc3nc(C)ccc34)[n+](C)ccc2c1)C(C)(C)C. The third-order valence-electron chi connectivity index (χ3n) is 6.18. The van der Waals surface area contributed by atoms with E-state index < -0.39 is 11.8 Å². The zero-order valence-electron chi connectivity index (χ0n) is 21.9. The molecule has 0 unspecified atom stereocenters. The highest BCUT2D eigenvalue weighted by atomic mass is 16.3. The fourth-order valence-electron chi connectivity index (χ4n) is 4.59. The summed E-state index contributed by atoms with van der Waals surface area (Å²) in [6.07, 6.45) is 0.598. The Morgan fingerprint density at radius 2 is 1.72 bits per heavy atom. The molecule has 0 amide bonds. The molecule has 0 radical (unpaired) electrons. The van der Waals surface area contributed by atoms with Crippen LogP contribution >= 0.6 is 0 Å². The molecule has 3 nitrogen and oxygen atoms in total. The number of aryl methyl sites for hydroxylation is 3. The third-order valence-corrected chi connectivity index (χ3v) is 6.18. The van der Waals surface area contributed by atoms with Crippen LogP contribution in [-0.4, -0.2) is 4.98 Å². The third kappa shape index (κ3) is 3.37. The van der Waals surface area contributed by atoms with Crippen molar-refractivity contribution in [2.24, 2.45) is 12.5 Å². The van der Waals surface area contributed by atoms with E-state index in [0.717, 1.165) is 44.1 Å². The predicted octanol–water partition coefficient (Wildman–Crippen LogP) is 7.14. The van der Waals surface area contributed by atoms with Crippen molar-refractivity contribution in [3.8, 4) is 11.3 Å². The molecule has 0 aliphatic rings. The van der Waals surface area contributed by atoms with Crippen LogP contribution in [0.3, 0.4) is 0 Å². The topological polar surface area (TPSA) is 29.9 Å². The van der Waals surface area contributed by atoms with Crippen molar-refractivity contribution in [1.29, 1.82) is 0 Å². The molecule has 162 valence electrons. The fraction of sp³-hybridized carbons (Fsp3) is 0.310. The molecule has 5 aromatic rings. The highest BCUT2D eigenvalue weighted by Crippen LogP contribution is 2.40. The Hall–Kier alpha value is -3.20. The molecule has 2 aromatic carbocycles. The van der Waals surface area contributed by atoms with E-state index in [1.807, 2.05) is 52.1 Å². The molecule has 0 N–H and O–H groups in total. The van der Waals surface area contributed by atoms with Gasteiger partial charge < -0.3 is 4.42 Å². The number of pyridine rings is 2. The first-order valence-electron chi connectivity index (χ1n) is 12.1. The van der Waals surface area contributed by atoms with Crippen LogP contribution in [0.5, 0.6) is 0 Å². The number of hydrogen-bond donors (Lipinski definition) is 0. The van der Waals surface area contributed by atoms with E-state index in [-0.39, 0.29) is 0 Å². The van der Waals surface area contributed by atoms with Gasteiger partial charge in [-0.25, -0.2) is 9.55 Å². The lowest BCUT2D eigenvalue weighted by Gasteiger charge is -2.18. The summed E-state index contributed by atoms with van der Waals surface area (Å²) in [5.74, 6) is 0. The Morgan fingerprint density at radius 1 is 0.969 bits per heavy atom. The highest BCUT2D eigenvalue weighted by Gasteiger charge is 2.25. The summed E-state index contributed by atoms with van der Waals surface area (Å²) in [6, 6.07) is 14.4. The molecule has 0 saturated heterocycles. The quantitative estimate of drug-likeness (QED) is 0.281. The normalized spacial score (nSPS) is 13.7. The largest absolute Gasteiger partial charge is 0.437 e. The van der Waals surface area contributed by atoms with Gasteiger partial charge in [-0.15, -0.1) is 0 Å². The van der Waals surface area contributed by atoms with Crippen molar-refractivity contribution in [3.05, 3.63) is 71.0 Å². The van der Waals surface area contributed by atoms with Crippen LogP contribution in [0.15, 0.2) is 53.1 Å². The first kappa shape index (κ1) is 18.4. The van der Waals surface area contributed by atoms with Gasteiger partial charge in [0.2, 0.25) is 11.4 Å². The van der Waals surface area contributed by atoms with E-state index in [9.17, 15) is 0 Å². The molecule has 0 bridgehead atoms. The van der Waals surface area contributed by atoms with Crippen molar-refractivity contribution in [1.82, 2.24) is 4.98 Å². The average molecular weight is 426 g/mol. The number of benzene rings is 2. The van der Waals surface area contributed by atoms with E-state index in [1.54, 1.807) is 0 Å². The Bertz CT molecular complexity index is 1610. The van der Waals surface area contributed by atoms with E-state index in [1.165, 1.54) is 11.1 Å². The van der Waals surface area contributed by atoms with Gasteiger partial charge in [-0.2, -0.15) is 0 Å². The van der Waals surface area contributed by atoms with Crippen LogP contribution < -0.4 is 4.57 Å². The second kappa shape index (κ2) is 7.16. The molecule has 3 heteroatoms. The van der Waals surface area contributed by atoms with Gasteiger partial charge in [-0.1, -0.05) is 32.9 Å². The highest BCUT2D eigenvalue weighted by molar-refractivity contribution is 6.11. The average Bonchev–Trinajstić information content (AvgIpc) is 3.11. The molecule has 32 heavy (non-hydrogen) atoms. The Kier molecular flexibility index (Phi) is 4.11. The maximum atomic E-state index is 8.74. The number of fused-ring (bicyclic) bond motifs is 4. The molecule has 3 heterocycles. The van der Waals surface area contributed by atoms with Gasteiger partial charge in [0.15, 0.2) is 11.8 Å². The smallest absolute Gasteiger partial charge is 0.227 e. The van der Waals surface area contributed by atoms with Gasteiger partial charge >= 0.3 is 0 Å². The summed E-state index contributed by atoms with van der Waals surface area (Å²) >= 11 is 0. The number of hydrogen-bond acceptors (Lipinski definition) is 2. The second-order valence-corrected chi connectivity index (χ2v) is 9.93. The fourth-order valence-corrected chi connectivity index (χ4v) is 4.59. The number of aromatic nitrogens is 2. The summed E-state index contributed by atoms with van der Waals surface area (Å²) in [6.45, 7) is 12.1. The van der Waals surface area contributed by atoms with Gasteiger partial charge in [0, 0.05) is 25.3 Å². The molecule has 0 fully saturated rings. The summed E-state index contributed by atoms with van der Waals surface area (Å²) in [7, 11) is 2.05. The standard InChI is InChI=1S/C29H31N2O/c1-17-14-24-23-10-8-18(2)30-28(23)32-27(24)25(19(17)3)26-22-11-9-20(16-29(4,5)6)15-21(22)12-13-31(26)7/h8-15H,16H2,1-7H3/q+1/i16D2. The van der Waals surface area contributed by atoms with Crippen molar-refractivity contribution >= 4 is 32.8 Å². The van der Waals surface area contributed by atoms with Crippen molar-refractivity contribution in [3.63, 3.8) is 0 Å². The first-order valence-corrected chi connectivity index (χ1v) is 11.1. The lowest BCUT2D eigenvalue weighted by molar-refractivity contribution is -0.659. The Balaban J connectivity index is 1.86. The minimum Gasteiger partial charge on any atom is -0.437 e. The molecule has 3 aromatic heterocycles. The lowest BCUT2D eigenvalue weighted by Crippen LogP contribution is -2.31. The lowest BCUT2D eigenvalue weighted by atomic mass is 9.87. The van der Waals surface area contributed by atoms with Gasteiger partial charge in [0.05, 0.1) is 10.9 Å². The maximum absolute atomic E-state index is 8.74. The van der Waals surface area contributed by atoms with Gasteiger partial charge in [0.25, 0.3) is 0 Å². The van der Waals surface area contributed by atoms with Crippen LogP contribution in [0.4, 0.5) is 0 Å². The summed E-state index contributed by atoms with van der Waals surface area (Å²) in [5.41, 5.74) is 7.09. The molecular weight excluding hydrogens is 392 g/mol. The van der Waals surface area contributed by atoms with Crippen LogP contribution in [0.25, 0.3) is 44.1 Å². The molecule has 5 rings (SSSR count). The van der Waals surface area contributed by atoms with E-state index in [2.05, 4.69) is 54.7 Å². The molecule has 0 aliphatic carbocycles. The van der Waals surface area contributed by atoms with Crippen LogP contribution in [0, 0.1) is 26.2 Å². The summed E-state index contributed by atoms with van der Waals surface area (Å²) < 4.78 is 26.0. The molecule has 0 spiro atoms. The number of rotatable bonds is 2. The minimum atomic E-state index is -1.45. The van der Waals surface area contributed by atoms with E-state index in [0.29, 0.717) is 11.3 Å². The molecule has 0 saturated carbocycles. The van der Waals surface area contributed by atoms with Crippen LogP contribution in [0.2, 0.25) is 0 Å². The maximum Gasteiger partial charge on any atom is 0.227 e. The molecular formula is C29H31N2O+. The van der Waals surface area contributed by atoms with Gasteiger partial charge in [0.1, 0.15) is 7.05 Å². The zero-order chi connectivity index (χ0) is 24.6. The minimum absolute atomic E-state index is 0.512. The monoisotopic (exact) mass is 425 g/mol. The number of furan rings is 1. The van der Waals surface area contributed by atoms with Crippen LogP contribution in [-0.2, 0) is 13.4 Å². The number of nitrogens with zero attached hydrogens (tertiary/aromatic N) is 2. The van der Waals surface area contributed by atoms with Crippen LogP contribution in [0.1, 0.15) is 45.9 Å². The molecule has 0 atom stereocenters. The predicted molar refractivity (Wildman–Crippen MR) is 133 cm³/mol. The second-order valence-electron chi connectivity index (χ2n) is 9.93. The molecule has 0 aliphatic heterocycles. The van der Waals surface area contributed by atoms with Crippen molar-refractivity contribution in [2.45, 2.75) is 47.9 Å². The van der Waals surface area contributed by atoms with Gasteiger partial charge in [-0.05, 0) is 78.9 Å². The van der Waals surface area contributed by atoms with Crippen molar-refractivity contribution < 1.29 is 11.7 Å².